The molecule has 0 saturated carbocycles. The Morgan fingerprint density at radius 1 is 1.00 bits per heavy atom. The summed E-state index contributed by atoms with van der Waals surface area (Å²) < 4.78 is 25.1. The smallest absolute Gasteiger partial charge is 0.257 e. The number of methoxy groups -OCH3 is 1. The number of hydrogen-bond acceptors (Lipinski definition) is 8. The van der Waals surface area contributed by atoms with Gasteiger partial charge in [0.15, 0.2) is 11.5 Å². The quantitative estimate of drug-likeness (QED) is 0.320. The Labute approximate surface area is 207 Å². The highest BCUT2D eigenvalue weighted by atomic mass is 32.1. The molecule has 4 rings (SSSR count). The Morgan fingerprint density at radius 3 is 2.31 bits per heavy atom. The van der Waals surface area contributed by atoms with Crippen LogP contribution in [0, 0.1) is 6.92 Å². The van der Waals surface area contributed by atoms with E-state index in [1.807, 2.05) is 45.9 Å². The van der Waals surface area contributed by atoms with E-state index in [1.54, 1.807) is 30.0 Å². The molecule has 35 heavy (non-hydrogen) atoms. The van der Waals surface area contributed by atoms with Crippen molar-refractivity contribution >= 4 is 33.3 Å². The molecule has 9 nitrogen and oxygen atoms in total. The maximum atomic E-state index is 13.3. The van der Waals surface area contributed by atoms with Crippen LogP contribution in [0.25, 0.3) is 15.3 Å². The Hall–Kier alpha value is -3.79. The molecule has 1 amide bonds. The van der Waals surface area contributed by atoms with Gasteiger partial charge in [-0.1, -0.05) is 11.3 Å². The fraction of sp³-hybridized carbons (Fsp3) is 0.320. The van der Waals surface area contributed by atoms with Crippen molar-refractivity contribution in [3.63, 3.8) is 0 Å². The second kappa shape index (κ2) is 10.6. The highest BCUT2D eigenvalue weighted by Crippen LogP contribution is 2.39. The van der Waals surface area contributed by atoms with Crippen molar-refractivity contribution in [2.24, 2.45) is 0 Å². The minimum Gasteiger partial charge on any atom is -0.497 e. The molecule has 0 radical (unpaired) electrons. The molecule has 4 aromatic rings. The van der Waals surface area contributed by atoms with Crippen LogP contribution in [-0.2, 0) is 0 Å². The second-order valence-corrected chi connectivity index (χ2v) is 8.48. The maximum absolute atomic E-state index is 13.3. The van der Waals surface area contributed by atoms with E-state index in [2.05, 4.69) is 15.4 Å². The van der Waals surface area contributed by atoms with Gasteiger partial charge < -0.3 is 24.3 Å². The first kappa shape index (κ1) is 24.3. The van der Waals surface area contributed by atoms with E-state index < -0.39 is 0 Å². The van der Waals surface area contributed by atoms with Crippen LogP contribution in [0.1, 0.15) is 36.8 Å². The molecule has 0 bridgehead atoms. The lowest BCUT2D eigenvalue weighted by Gasteiger charge is -2.17. The molecular weight excluding hydrogens is 468 g/mol. The van der Waals surface area contributed by atoms with Gasteiger partial charge in [0.1, 0.15) is 11.6 Å². The van der Waals surface area contributed by atoms with Gasteiger partial charge >= 0.3 is 0 Å². The molecule has 0 aliphatic rings. The number of aryl methyl sites for hydroxylation is 1. The fourth-order valence-corrected chi connectivity index (χ4v) is 4.51. The average Bonchev–Trinajstić information content (AvgIpc) is 3.43. The summed E-state index contributed by atoms with van der Waals surface area (Å²) in [5.41, 5.74) is 1.94. The van der Waals surface area contributed by atoms with Gasteiger partial charge in [-0.25, -0.2) is 4.98 Å². The molecule has 1 N–H and O–H groups in total. The van der Waals surface area contributed by atoms with Crippen molar-refractivity contribution < 1.29 is 23.7 Å². The number of ether oxygens (including phenoxy) is 4. The summed E-state index contributed by atoms with van der Waals surface area (Å²) in [7, 11) is 1.63. The van der Waals surface area contributed by atoms with Crippen molar-refractivity contribution in [2.75, 3.05) is 32.2 Å². The van der Waals surface area contributed by atoms with E-state index >= 15 is 0 Å². The van der Waals surface area contributed by atoms with E-state index in [1.165, 1.54) is 11.3 Å². The maximum Gasteiger partial charge on any atom is 0.257 e. The van der Waals surface area contributed by atoms with Crippen molar-refractivity contribution in [2.45, 2.75) is 27.7 Å². The van der Waals surface area contributed by atoms with Gasteiger partial charge in [0.25, 0.3) is 5.91 Å². The van der Waals surface area contributed by atoms with Gasteiger partial charge in [0, 0.05) is 11.6 Å². The number of carbonyl (C=O) groups excluding carboxylic acids is 1. The van der Waals surface area contributed by atoms with Gasteiger partial charge in [0.2, 0.25) is 10.9 Å². The molecule has 0 unspecified atom stereocenters. The summed E-state index contributed by atoms with van der Waals surface area (Å²) in [5, 5.41) is 8.13. The standard InChI is InChI=1S/C25H28N4O5S/c1-6-32-19-12-16(13-20(33-7-2)23(19)34-8-3)24(30)27-22-11-15(4)28-29(22)25-26-18-10-9-17(31-5)14-21(18)35-25/h9-14H,6-8H2,1-5H3,(H,27,30). The highest BCUT2D eigenvalue weighted by molar-refractivity contribution is 7.20. The van der Waals surface area contributed by atoms with E-state index in [0.717, 1.165) is 21.7 Å². The SMILES string of the molecule is CCOc1cc(C(=O)Nc2cc(C)nn2-c2nc3ccc(OC)cc3s2)cc(OCC)c1OCC. The number of rotatable bonds is 10. The third kappa shape index (κ3) is 5.17. The van der Waals surface area contributed by atoms with Crippen LogP contribution < -0.4 is 24.3 Å². The number of amides is 1. The van der Waals surface area contributed by atoms with Crippen LogP contribution in [-0.4, -0.2) is 47.6 Å². The monoisotopic (exact) mass is 496 g/mol. The second-order valence-electron chi connectivity index (χ2n) is 7.47. The first-order chi connectivity index (χ1) is 17.0. The number of fused-ring (bicyclic) bond motifs is 1. The summed E-state index contributed by atoms with van der Waals surface area (Å²) in [6, 6.07) is 10.8. The third-order valence-corrected chi connectivity index (χ3v) is 6.00. The normalized spacial score (nSPS) is 10.9. The fourth-order valence-electron chi connectivity index (χ4n) is 3.55. The summed E-state index contributed by atoms with van der Waals surface area (Å²) >= 11 is 1.46. The Kier molecular flexibility index (Phi) is 7.40. The number of nitrogens with zero attached hydrogens (tertiary/aromatic N) is 3. The zero-order valence-corrected chi connectivity index (χ0v) is 21.2. The zero-order valence-electron chi connectivity index (χ0n) is 20.4. The molecule has 0 spiro atoms. The number of benzene rings is 2. The van der Waals surface area contributed by atoms with Gasteiger partial charge in [-0.05, 0) is 58.0 Å². The van der Waals surface area contributed by atoms with Crippen molar-refractivity contribution in [1.29, 1.82) is 0 Å². The molecule has 2 aromatic carbocycles. The summed E-state index contributed by atoms with van der Waals surface area (Å²) in [6.45, 7) is 8.78. The highest BCUT2D eigenvalue weighted by Gasteiger charge is 2.20. The molecular formula is C25H28N4O5S. The Bertz CT molecular complexity index is 1320. The first-order valence-corrected chi connectivity index (χ1v) is 12.2. The van der Waals surface area contributed by atoms with Gasteiger partial charge in [-0.2, -0.15) is 9.78 Å². The number of nitrogens with one attached hydrogen (secondary N) is 1. The molecule has 184 valence electrons. The molecule has 2 heterocycles. The largest absolute Gasteiger partial charge is 0.497 e. The minimum atomic E-state index is -0.334. The van der Waals surface area contributed by atoms with Crippen LogP contribution in [0.2, 0.25) is 0 Å². The Morgan fingerprint density at radius 2 is 1.69 bits per heavy atom. The van der Waals surface area contributed by atoms with Crippen LogP contribution in [0.15, 0.2) is 36.4 Å². The van der Waals surface area contributed by atoms with Gasteiger partial charge in [-0.3, -0.25) is 4.79 Å². The lowest BCUT2D eigenvalue weighted by Crippen LogP contribution is -2.16. The van der Waals surface area contributed by atoms with Gasteiger partial charge in [-0.15, -0.1) is 0 Å². The van der Waals surface area contributed by atoms with Crippen LogP contribution in [0.3, 0.4) is 0 Å². The minimum absolute atomic E-state index is 0.334. The lowest BCUT2D eigenvalue weighted by atomic mass is 10.1. The van der Waals surface area contributed by atoms with E-state index in [0.29, 0.717) is 53.6 Å². The number of hydrogen-bond donors (Lipinski definition) is 1. The number of anilines is 1. The predicted molar refractivity (Wildman–Crippen MR) is 136 cm³/mol. The van der Waals surface area contributed by atoms with Crippen molar-refractivity contribution in [1.82, 2.24) is 14.8 Å². The Balaban J connectivity index is 1.68. The van der Waals surface area contributed by atoms with Crippen molar-refractivity contribution in [3.05, 3.63) is 47.7 Å². The molecule has 2 aromatic heterocycles. The van der Waals surface area contributed by atoms with E-state index in [-0.39, 0.29) is 5.91 Å². The molecule has 10 heteroatoms. The summed E-state index contributed by atoms with van der Waals surface area (Å²) in [4.78, 5) is 18.0. The summed E-state index contributed by atoms with van der Waals surface area (Å²) in [5.74, 6) is 2.31. The molecule has 0 aliphatic heterocycles. The molecule has 0 aliphatic carbocycles. The van der Waals surface area contributed by atoms with Crippen LogP contribution >= 0.6 is 11.3 Å². The number of thiazole rings is 1. The zero-order chi connectivity index (χ0) is 24.9. The summed E-state index contributed by atoms with van der Waals surface area (Å²) in [6.07, 6.45) is 0. The third-order valence-electron chi connectivity index (χ3n) is 5.01. The van der Waals surface area contributed by atoms with Gasteiger partial charge in [0.05, 0.1) is 42.8 Å². The van der Waals surface area contributed by atoms with Crippen LogP contribution in [0.4, 0.5) is 5.82 Å². The van der Waals surface area contributed by atoms with Crippen LogP contribution in [0.5, 0.6) is 23.0 Å². The lowest BCUT2D eigenvalue weighted by molar-refractivity contribution is 0.102. The van der Waals surface area contributed by atoms with E-state index in [4.69, 9.17) is 18.9 Å². The molecule has 0 fully saturated rings. The molecule has 0 atom stereocenters. The average molecular weight is 497 g/mol. The predicted octanol–water partition coefficient (Wildman–Crippen LogP) is 5.25. The van der Waals surface area contributed by atoms with E-state index in [9.17, 15) is 4.79 Å². The number of carbonyl (C=O) groups is 1. The molecule has 0 saturated heterocycles. The first-order valence-electron chi connectivity index (χ1n) is 11.4. The van der Waals surface area contributed by atoms with Crippen molar-refractivity contribution in [3.8, 4) is 28.1 Å². The topological polar surface area (TPSA) is 96.7 Å². The number of aromatic nitrogens is 3.